The van der Waals surface area contributed by atoms with E-state index in [9.17, 15) is 14.5 Å². The molecule has 0 spiro atoms. The lowest BCUT2D eigenvalue weighted by atomic mass is 10.2. The van der Waals surface area contributed by atoms with Gasteiger partial charge in [-0.2, -0.15) is 5.26 Å². The number of aromatic nitrogens is 3. The Morgan fingerprint density at radius 3 is 2.76 bits per heavy atom. The maximum absolute atomic E-state index is 14.0. The normalized spacial score (nSPS) is 10.5. The van der Waals surface area contributed by atoms with Gasteiger partial charge in [0.25, 0.3) is 5.69 Å². The van der Waals surface area contributed by atoms with Gasteiger partial charge in [-0.15, -0.1) is 10.2 Å². The van der Waals surface area contributed by atoms with Crippen LogP contribution in [-0.4, -0.2) is 19.5 Å². The number of nitro groups is 1. The molecule has 0 N–H and O–H groups in total. The van der Waals surface area contributed by atoms with Gasteiger partial charge in [0.1, 0.15) is 5.82 Å². The van der Waals surface area contributed by atoms with Gasteiger partial charge in [0.15, 0.2) is 11.5 Å². The third-order valence-corrected chi connectivity index (χ3v) is 2.94. The molecule has 0 unspecified atom stereocenters. The van der Waals surface area contributed by atoms with E-state index in [0.29, 0.717) is 11.2 Å². The lowest BCUT2D eigenvalue weighted by Crippen LogP contribution is -1.95. The maximum atomic E-state index is 14.0. The van der Waals surface area contributed by atoms with Crippen LogP contribution in [0.5, 0.6) is 0 Å². The lowest BCUT2D eigenvalue weighted by Gasteiger charge is -2.02. The number of fused-ring (bicyclic) bond motifs is 1. The van der Waals surface area contributed by atoms with Gasteiger partial charge in [-0.1, -0.05) is 0 Å². The van der Waals surface area contributed by atoms with E-state index in [1.807, 2.05) is 6.07 Å². The quantitative estimate of drug-likeness (QED) is 0.531. The summed E-state index contributed by atoms with van der Waals surface area (Å²) < 4.78 is 15.5. The van der Waals surface area contributed by atoms with E-state index < -0.39 is 10.7 Å². The molecule has 0 aliphatic rings. The first-order chi connectivity index (χ1) is 10.1. The number of nitro benzene ring substituents is 1. The Hall–Kier alpha value is -3.34. The SMILES string of the molecule is N#Cc1ccn2c(-c3ccc([N+](=O)[O-])cc3F)nnc2c1. The standard InChI is InChI=1S/C13H6FN5O2/c14-11-6-9(19(20)21)1-2-10(11)13-17-16-12-5-8(7-15)3-4-18(12)13/h1-6H. The van der Waals surface area contributed by atoms with Crippen LogP contribution >= 0.6 is 0 Å². The molecule has 3 aromatic rings. The van der Waals surface area contributed by atoms with Crippen LogP contribution in [0.2, 0.25) is 0 Å². The summed E-state index contributed by atoms with van der Waals surface area (Å²) in [6.45, 7) is 0. The molecule has 102 valence electrons. The highest BCUT2D eigenvalue weighted by atomic mass is 19.1. The number of benzene rings is 1. The van der Waals surface area contributed by atoms with Crippen molar-refractivity contribution in [3.05, 3.63) is 58.0 Å². The van der Waals surface area contributed by atoms with Crippen molar-refractivity contribution in [2.24, 2.45) is 0 Å². The molecule has 7 nitrogen and oxygen atoms in total. The van der Waals surface area contributed by atoms with Crippen LogP contribution in [0.15, 0.2) is 36.5 Å². The summed E-state index contributed by atoms with van der Waals surface area (Å²) in [5.41, 5.74) is 0.557. The van der Waals surface area contributed by atoms with Crippen LogP contribution in [0.1, 0.15) is 5.56 Å². The van der Waals surface area contributed by atoms with Gasteiger partial charge in [-0.25, -0.2) is 4.39 Å². The van der Waals surface area contributed by atoms with Crippen LogP contribution in [-0.2, 0) is 0 Å². The summed E-state index contributed by atoms with van der Waals surface area (Å²) >= 11 is 0. The first-order valence-corrected chi connectivity index (χ1v) is 5.79. The second-order valence-electron chi connectivity index (χ2n) is 4.20. The van der Waals surface area contributed by atoms with E-state index in [0.717, 1.165) is 6.07 Å². The molecule has 8 heteroatoms. The second kappa shape index (κ2) is 4.64. The van der Waals surface area contributed by atoms with Gasteiger partial charge in [0.05, 0.1) is 28.2 Å². The van der Waals surface area contributed by atoms with E-state index in [2.05, 4.69) is 10.2 Å². The number of hydrogen-bond donors (Lipinski definition) is 0. The Bertz CT molecular complexity index is 913. The Morgan fingerprint density at radius 1 is 1.29 bits per heavy atom. The van der Waals surface area contributed by atoms with Crippen LogP contribution in [0, 0.1) is 27.3 Å². The van der Waals surface area contributed by atoms with Crippen molar-refractivity contribution in [2.75, 3.05) is 0 Å². The average molecular weight is 283 g/mol. The molecule has 21 heavy (non-hydrogen) atoms. The Morgan fingerprint density at radius 2 is 2.10 bits per heavy atom. The molecule has 1 aromatic carbocycles. The molecule has 0 radical (unpaired) electrons. The van der Waals surface area contributed by atoms with Crippen LogP contribution in [0.25, 0.3) is 17.0 Å². The topological polar surface area (TPSA) is 97.1 Å². The first kappa shape index (κ1) is 12.7. The smallest absolute Gasteiger partial charge is 0.272 e. The number of pyridine rings is 1. The third kappa shape index (κ3) is 2.06. The van der Waals surface area contributed by atoms with Gasteiger partial charge in [0, 0.05) is 18.3 Å². The molecular weight excluding hydrogens is 277 g/mol. The lowest BCUT2D eigenvalue weighted by molar-refractivity contribution is -0.385. The summed E-state index contributed by atoms with van der Waals surface area (Å²) in [5.74, 6) is -0.551. The molecule has 0 aliphatic heterocycles. The molecule has 0 fully saturated rings. The number of nitrogens with zero attached hydrogens (tertiary/aromatic N) is 5. The first-order valence-electron chi connectivity index (χ1n) is 5.79. The highest BCUT2D eigenvalue weighted by Crippen LogP contribution is 2.25. The summed E-state index contributed by atoms with van der Waals surface area (Å²) in [6, 6.07) is 8.34. The fraction of sp³-hybridized carbons (Fsp3) is 0. The van der Waals surface area contributed by atoms with Crippen LogP contribution in [0.4, 0.5) is 10.1 Å². The summed E-state index contributed by atoms with van der Waals surface area (Å²) in [5, 5.41) is 27.2. The molecule has 0 aliphatic carbocycles. The average Bonchev–Trinajstić information content (AvgIpc) is 2.89. The Kier molecular flexibility index (Phi) is 2.80. The van der Waals surface area contributed by atoms with Crippen molar-refractivity contribution >= 4 is 11.3 Å². The highest BCUT2D eigenvalue weighted by molar-refractivity contribution is 5.62. The predicted octanol–water partition coefficient (Wildman–Crippen LogP) is 2.32. The molecule has 2 heterocycles. The second-order valence-corrected chi connectivity index (χ2v) is 4.20. The third-order valence-electron chi connectivity index (χ3n) is 2.94. The molecular formula is C13H6FN5O2. The molecule has 0 atom stereocenters. The van der Waals surface area contributed by atoms with Crippen molar-refractivity contribution in [3.8, 4) is 17.5 Å². The van der Waals surface area contributed by atoms with Gasteiger partial charge in [0.2, 0.25) is 0 Å². The number of halogens is 1. The van der Waals surface area contributed by atoms with E-state index in [-0.39, 0.29) is 17.1 Å². The molecule has 0 bridgehead atoms. The number of non-ortho nitro benzene ring substituents is 1. The molecule has 0 saturated carbocycles. The van der Waals surface area contributed by atoms with Gasteiger partial charge >= 0.3 is 0 Å². The number of hydrogen-bond acceptors (Lipinski definition) is 5. The predicted molar refractivity (Wildman–Crippen MR) is 69.8 cm³/mol. The molecule has 2 aromatic heterocycles. The zero-order chi connectivity index (χ0) is 15.0. The summed E-state index contributed by atoms with van der Waals surface area (Å²) in [7, 11) is 0. The summed E-state index contributed by atoms with van der Waals surface area (Å²) in [6.07, 6.45) is 1.55. The van der Waals surface area contributed by atoms with Crippen molar-refractivity contribution in [3.63, 3.8) is 0 Å². The molecule has 3 rings (SSSR count). The largest absolute Gasteiger partial charge is 0.282 e. The van der Waals surface area contributed by atoms with E-state index >= 15 is 0 Å². The maximum Gasteiger partial charge on any atom is 0.272 e. The minimum Gasteiger partial charge on any atom is -0.282 e. The Labute approximate surface area is 117 Å². The van der Waals surface area contributed by atoms with Gasteiger partial charge in [-0.05, 0) is 12.1 Å². The molecule has 0 amide bonds. The number of nitriles is 1. The zero-order valence-corrected chi connectivity index (χ0v) is 10.4. The van der Waals surface area contributed by atoms with Crippen molar-refractivity contribution in [1.82, 2.24) is 14.6 Å². The van der Waals surface area contributed by atoms with Crippen LogP contribution in [0.3, 0.4) is 0 Å². The number of rotatable bonds is 2. The molecule has 0 saturated heterocycles. The van der Waals surface area contributed by atoms with E-state index in [4.69, 9.17) is 5.26 Å². The van der Waals surface area contributed by atoms with Crippen molar-refractivity contribution in [2.45, 2.75) is 0 Å². The van der Waals surface area contributed by atoms with Gasteiger partial charge < -0.3 is 0 Å². The minimum absolute atomic E-state index is 0.0952. The monoisotopic (exact) mass is 283 g/mol. The van der Waals surface area contributed by atoms with Crippen molar-refractivity contribution in [1.29, 1.82) is 5.26 Å². The zero-order valence-electron chi connectivity index (χ0n) is 10.4. The van der Waals surface area contributed by atoms with E-state index in [1.165, 1.54) is 22.6 Å². The van der Waals surface area contributed by atoms with Gasteiger partial charge in [-0.3, -0.25) is 14.5 Å². The fourth-order valence-electron chi connectivity index (χ4n) is 1.94. The van der Waals surface area contributed by atoms with Crippen LogP contribution < -0.4 is 0 Å². The Balaban J connectivity index is 2.17. The highest BCUT2D eigenvalue weighted by Gasteiger charge is 2.16. The fourth-order valence-corrected chi connectivity index (χ4v) is 1.94. The minimum atomic E-state index is -0.761. The van der Waals surface area contributed by atoms with Crippen molar-refractivity contribution < 1.29 is 9.31 Å². The summed E-state index contributed by atoms with van der Waals surface area (Å²) in [4.78, 5) is 9.94. The van der Waals surface area contributed by atoms with E-state index in [1.54, 1.807) is 12.3 Å².